The van der Waals surface area contributed by atoms with Gasteiger partial charge in [-0.05, 0) is 58.1 Å². The van der Waals surface area contributed by atoms with Crippen LogP contribution in [0.15, 0.2) is 109 Å². The average molecular weight is 499 g/mol. The number of rotatable bonds is 8. The number of hydrogen-bond donors (Lipinski definition) is 2. The van der Waals surface area contributed by atoms with Crippen LogP contribution in [0.1, 0.15) is 20.7 Å². The summed E-state index contributed by atoms with van der Waals surface area (Å²) >= 11 is 0. The monoisotopic (exact) mass is 498 g/mol. The van der Waals surface area contributed by atoms with Crippen LogP contribution >= 0.6 is 0 Å². The van der Waals surface area contributed by atoms with Gasteiger partial charge in [0.05, 0.1) is 11.1 Å². The zero-order valence-electron chi connectivity index (χ0n) is 19.5. The van der Waals surface area contributed by atoms with Gasteiger partial charge in [-0.2, -0.15) is 0 Å². The fourth-order valence-electron chi connectivity index (χ4n) is 4.35. The van der Waals surface area contributed by atoms with Crippen LogP contribution < -0.4 is 20.7 Å². The number of aromatic carboxylic acids is 2. The average Bonchev–Trinajstić information content (AvgIpc) is 2.89. The minimum atomic E-state index is -2.84. The van der Waals surface area contributed by atoms with Crippen molar-refractivity contribution in [3.8, 4) is 0 Å². The highest BCUT2D eigenvalue weighted by molar-refractivity contribution is 7.08. The molecule has 0 aliphatic heterocycles. The SMILES string of the molecule is C[Si](O[Si](C)(c1ccccc1)c1ccc(C(=O)O)cc1)(c1ccccc1)c1ccc(C(=O)O)cc1. The summed E-state index contributed by atoms with van der Waals surface area (Å²) in [5.74, 6) is -1.94. The molecule has 0 bridgehead atoms. The van der Waals surface area contributed by atoms with E-state index in [1.807, 2.05) is 60.7 Å². The van der Waals surface area contributed by atoms with Crippen molar-refractivity contribution in [1.82, 2.24) is 0 Å². The molecule has 4 aromatic rings. The van der Waals surface area contributed by atoms with Crippen LogP contribution in [0.3, 0.4) is 0 Å². The Bertz CT molecular complexity index is 1220. The molecule has 7 heteroatoms. The summed E-state index contributed by atoms with van der Waals surface area (Å²) < 4.78 is 7.35. The second-order valence-electron chi connectivity index (χ2n) is 8.67. The molecule has 2 N–H and O–H groups in total. The first-order valence-corrected chi connectivity index (χ1v) is 16.0. The van der Waals surface area contributed by atoms with Gasteiger partial charge in [0.15, 0.2) is 0 Å². The molecule has 4 aromatic carbocycles. The third-order valence-corrected chi connectivity index (χ3v) is 15.4. The van der Waals surface area contributed by atoms with E-state index < -0.39 is 28.6 Å². The van der Waals surface area contributed by atoms with Crippen molar-refractivity contribution in [3.05, 3.63) is 120 Å². The summed E-state index contributed by atoms with van der Waals surface area (Å²) in [7, 11) is -5.69. The standard InChI is InChI=1S/C28H26O5Si2/c1-34(23-9-5-3-6-10-23,25-17-13-21(14-18-25)27(29)30)33-35(2,24-11-7-4-8-12-24)26-19-15-22(16-20-26)28(31)32/h3-20H,1-2H3,(H,29,30)(H,31,32). The molecule has 0 amide bonds. The molecule has 0 fully saturated rings. The fourth-order valence-corrected chi connectivity index (χ4v) is 13.4. The second-order valence-corrected chi connectivity index (χ2v) is 15.9. The number of carboxylic acids is 2. The largest absolute Gasteiger partial charge is 0.478 e. The predicted octanol–water partition coefficient (Wildman–Crippen LogP) is 3.18. The van der Waals surface area contributed by atoms with Gasteiger partial charge in [0, 0.05) is 0 Å². The highest BCUT2D eigenvalue weighted by Crippen LogP contribution is 2.18. The zero-order valence-corrected chi connectivity index (χ0v) is 21.5. The molecule has 0 saturated heterocycles. The number of carboxylic acid groups (broad SMARTS) is 2. The van der Waals surface area contributed by atoms with E-state index in [2.05, 4.69) is 37.4 Å². The molecule has 0 radical (unpaired) electrons. The Balaban J connectivity index is 1.89. The first kappa shape index (κ1) is 24.3. The summed E-state index contributed by atoms with van der Waals surface area (Å²) in [6.07, 6.45) is 0. The van der Waals surface area contributed by atoms with E-state index in [1.165, 1.54) is 0 Å². The molecule has 4 rings (SSSR count). The van der Waals surface area contributed by atoms with Crippen LogP contribution in [0, 0.1) is 0 Å². The Morgan fingerprint density at radius 2 is 0.800 bits per heavy atom. The Morgan fingerprint density at radius 3 is 1.09 bits per heavy atom. The van der Waals surface area contributed by atoms with Gasteiger partial charge in [-0.15, -0.1) is 0 Å². The van der Waals surface area contributed by atoms with Gasteiger partial charge >= 0.3 is 11.9 Å². The van der Waals surface area contributed by atoms with Crippen LogP contribution in [-0.2, 0) is 4.12 Å². The van der Waals surface area contributed by atoms with Crippen molar-refractivity contribution < 1.29 is 23.9 Å². The normalized spacial score (nSPS) is 14.5. The Hall–Kier alpha value is -3.79. The smallest absolute Gasteiger partial charge is 0.335 e. The van der Waals surface area contributed by atoms with Crippen molar-refractivity contribution >= 4 is 49.3 Å². The van der Waals surface area contributed by atoms with E-state index in [0.29, 0.717) is 0 Å². The highest BCUT2D eigenvalue weighted by Gasteiger charge is 2.45. The van der Waals surface area contributed by atoms with Gasteiger partial charge in [-0.1, -0.05) is 84.9 Å². The Morgan fingerprint density at radius 1 is 0.514 bits per heavy atom. The summed E-state index contributed by atoms with van der Waals surface area (Å²) in [6, 6.07) is 34.0. The first-order valence-electron chi connectivity index (χ1n) is 11.2. The number of carbonyl (C=O) groups is 2. The van der Waals surface area contributed by atoms with E-state index in [9.17, 15) is 19.8 Å². The third-order valence-electron chi connectivity index (χ3n) is 6.42. The van der Waals surface area contributed by atoms with E-state index in [4.69, 9.17) is 4.12 Å². The lowest BCUT2D eigenvalue weighted by atomic mass is 10.2. The molecular formula is C28H26O5Si2. The second kappa shape index (κ2) is 9.83. The molecule has 0 spiro atoms. The summed E-state index contributed by atoms with van der Waals surface area (Å²) in [5, 5.41) is 22.8. The topological polar surface area (TPSA) is 83.8 Å². The molecule has 176 valence electrons. The molecule has 2 atom stereocenters. The Labute approximate surface area is 206 Å². The van der Waals surface area contributed by atoms with Crippen LogP contribution in [0.25, 0.3) is 0 Å². The van der Waals surface area contributed by atoms with E-state index in [0.717, 1.165) is 20.7 Å². The third kappa shape index (κ3) is 4.88. The van der Waals surface area contributed by atoms with E-state index in [1.54, 1.807) is 24.3 Å². The molecule has 35 heavy (non-hydrogen) atoms. The number of hydrogen-bond acceptors (Lipinski definition) is 3. The summed E-state index contributed by atoms with van der Waals surface area (Å²) in [6.45, 7) is 4.27. The highest BCUT2D eigenvalue weighted by atomic mass is 28.4. The van der Waals surface area contributed by atoms with Gasteiger partial charge < -0.3 is 14.3 Å². The minimum Gasteiger partial charge on any atom is -0.478 e. The fraction of sp³-hybridized carbons (Fsp3) is 0.0714. The van der Waals surface area contributed by atoms with Gasteiger partial charge in [0.2, 0.25) is 16.6 Å². The van der Waals surface area contributed by atoms with Gasteiger partial charge in [-0.25, -0.2) is 9.59 Å². The van der Waals surface area contributed by atoms with Crippen molar-refractivity contribution in [2.24, 2.45) is 0 Å². The van der Waals surface area contributed by atoms with Gasteiger partial charge in [0.25, 0.3) is 0 Å². The molecule has 0 aliphatic carbocycles. The zero-order chi connectivity index (χ0) is 25.1. The lowest BCUT2D eigenvalue weighted by Gasteiger charge is -2.39. The molecule has 0 aromatic heterocycles. The molecular weight excluding hydrogens is 472 g/mol. The number of benzene rings is 4. The predicted molar refractivity (Wildman–Crippen MR) is 143 cm³/mol. The van der Waals surface area contributed by atoms with Gasteiger partial charge in [0.1, 0.15) is 0 Å². The summed E-state index contributed by atoms with van der Waals surface area (Å²) in [5.41, 5.74) is 0.455. The van der Waals surface area contributed by atoms with Crippen molar-refractivity contribution in [2.45, 2.75) is 13.1 Å². The molecule has 2 unspecified atom stereocenters. The van der Waals surface area contributed by atoms with E-state index >= 15 is 0 Å². The maximum absolute atomic E-state index is 11.5. The lowest BCUT2D eigenvalue weighted by molar-refractivity contribution is 0.0686. The first-order chi connectivity index (χ1) is 16.7. The molecule has 5 nitrogen and oxygen atoms in total. The molecule has 0 saturated carbocycles. The summed E-state index contributed by atoms with van der Waals surface area (Å²) in [4.78, 5) is 22.9. The Kier molecular flexibility index (Phi) is 6.84. The van der Waals surface area contributed by atoms with Crippen LogP contribution in [0.2, 0.25) is 13.1 Å². The van der Waals surface area contributed by atoms with Crippen molar-refractivity contribution in [1.29, 1.82) is 0 Å². The van der Waals surface area contributed by atoms with Crippen molar-refractivity contribution in [2.75, 3.05) is 0 Å². The quantitative estimate of drug-likeness (QED) is 0.365. The molecule has 0 heterocycles. The van der Waals surface area contributed by atoms with Crippen LogP contribution in [-0.4, -0.2) is 38.8 Å². The minimum absolute atomic E-state index is 0.227. The molecule has 0 aliphatic rings. The van der Waals surface area contributed by atoms with E-state index in [-0.39, 0.29) is 11.1 Å². The maximum Gasteiger partial charge on any atom is 0.335 e. The van der Waals surface area contributed by atoms with Crippen LogP contribution in [0.4, 0.5) is 0 Å². The lowest BCUT2D eigenvalue weighted by Crippen LogP contribution is -2.70. The van der Waals surface area contributed by atoms with Crippen LogP contribution in [0.5, 0.6) is 0 Å². The van der Waals surface area contributed by atoms with Gasteiger partial charge in [-0.3, -0.25) is 0 Å². The maximum atomic E-state index is 11.5. The van der Waals surface area contributed by atoms with Crippen molar-refractivity contribution in [3.63, 3.8) is 0 Å².